The van der Waals surface area contributed by atoms with Crippen molar-refractivity contribution in [2.75, 3.05) is 13.7 Å². The Morgan fingerprint density at radius 1 is 1.11 bits per heavy atom. The Labute approximate surface area is 159 Å². The Hall–Kier alpha value is -3.08. The summed E-state index contributed by atoms with van der Waals surface area (Å²) in [4.78, 5) is 15.3. The third kappa shape index (κ3) is 3.58. The summed E-state index contributed by atoms with van der Waals surface area (Å²) in [6, 6.07) is 17.7. The number of nitrogens with zero attached hydrogens (tertiary/aromatic N) is 3. The van der Waals surface area contributed by atoms with Crippen LogP contribution >= 0.6 is 0 Å². The van der Waals surface area contributed by atoms with Gasteiger partial charge < -0.3 is 9.64 Å². The highest BCUT2D eigenvalue weighted by Gasteiger charge is 2.29. The van der Waals surface area contributed by atoms with Crippen LogP contribution in [-0.2, 0) is 0 Å². The maximum absolute atomic E-state index is 13.3. The molecule has 1 fully saturated rings. The van der Waals surface area contributed by atoms with Gasteiger partial charge in [0.2, 0.25) is 0 Å². The molecule has 138 valence electrons. The number of piperidine rings is 1. The molecule has 1 aliphatic heterocycles. The van der Waals surface area contributed by atoms with Gasteiger partial charge >= 0.3 is 0 Å². The van der Waals surface area contributed by atoms with E-state index in [1.54, 1.807) is 18.0 Å². The molecule has 1 amide bonds. The number of hydrogen-bond donors (Lipinski definition) is 0. The lowest BCUT2D eigenvalue weighted by Gasteiger charge is -2.36. The lowest BCUT2D eigenvalue weighted by molar-refractivity contribution is 0.0611. The Morgan fingerprint density at radius 3 is 2.81 bits per heavy atom. The number of carbonyl (C=O) groups is 1. The maximum Gasteiger partial charge on any atom is 0.254 e. The molecule has 1 aliphatic rings. The molecule has 0 unspecified atom stereocenters. The van der Waals surface area contributed by atoms with Gasteiger partial charge in [0.05, 0.1) is 18.8 Å². The molecule has 3 aromatic rings. The van der Waals surface area contributed by atoms with Crippen molar-refractivity contribution in [1.82, 2.24) is 14.7 Å². The first kappa shape index (κ1) is 17.3. The van der Waals surface area contributed by atoms with E-state index in [0.717, 1.165) is 42.8 Å². The van der Waals surface area contributed by atoms with Gasteiger partial charge in [0, 0.05) is 24.5 Å². The van der Waals surface area contributed by atoms with Crippen molar-refractivity contribution >= 4 is 5.91 Å². The van der Waals surface area contributed by atoms with Crippen LogP contribution in [0.25, 0.3) is 5.69 Å². The number of amides is 1. The highest BCUT2D eigenvalue weighted by Crippen LogP contribution is 2.33. The molecule has 0 saturated carbocycles. The summed E-state index contributed by atoms with van der Waals surface area (Å²) in [5, 5.41) is 4.26. The number of rotatable bonds is 4. The topological polar surface area (TPSA) is 47.4 Å². The van der Waals surface area contributed by atoms with E-state index in [2.05, 4.69) is 11.2 Å². The SMILES string of the molecule is COc1cccc([C@H]2CCCCN2C(=O)c2cccc(-n3cccn3)c2)c1. The molecule has 5 nitrogen and oxygen atoms in total. The molecular formula is C22H23N3O2. The van der Waals surface area contributed by atoms with Crippen molar-refractivity contribution in [1.29, 1.82) is 0 Å². The monoisotopic (exact) mass is 361 g/mol. The summed E-state index contributed by atoms with van der Waals surface area (Å²) >= 11 is 0. The number of aromatic nitrogens is 2. The minimum Gasteiger partial charge on any atom is -0.497 e. The average Bonchev–Trinajstić information content (AvgIpc) is 3.28. The Morgan fingerprint density at radius 2 is 2.00 bits per heavy atom. The van der Waals surface area contributed by atoms with Crippen molar-refractivity contribution in [3.8, 4) is 11.4 Å². The van der Waals surface area contributed by atoms with Gasteiger partial charge in [0.15, 0.2) is 0 Å². The van der Waals surface area contributed by atoms with Crippen molar-refractivity contribution in [2.24, 2.45) is 0 Å². The van der Waals surface area contributed by atoms with Gasteiger partial charge in [0.1, 0.15) is 5.75 Å². The molecule has 2 heterocycles. The molecule has 5 heteroatoms. The predicted molar refractivity (Wildman–Crippen MR) is 104 cm³/mol. The van der Waals surface area contributed by atoms with Gasteiger partial charge in [-0.1, -0.05) is 18.2 Å². The molecule has 1 saturated heterocycles. The summed E-state index contributed by atoms with van der Waals surface area (Å²) in [5.41, 5.74) is 2.71. The fourth-order valence-corrected chi connectivity index (χ4v) is 3.74. The Kier molecular flexibility index (Phi) is 4.92. The smallest absolute Gasteiger partial charge is 0.254 e. The normalized spacial score (nSPS) is 16.9. The van der Waals surface area contributed by atoms with Crippen LogP contribution in [-0.4, -0.2) is 34.2 Å². The molecular weight excluding hydrogens is 338 g/mol. The van der Waals surface area contributed by atoms with Crippen molar-refractivity contribution in [3.05, 3.63) is 78.1 Å². The van der Waals surface area contributed by atoms with Gasteiger partial charge in [-0.25, -0.2) is 4.68 Å². The zero-order valence-electron chi connectivity index (χ0n) is 15.4. The lowest BCUT2D eigenvalue weighted by atomic mass is 9.94. The molecule has 27 heavy (non-hydrogen) atoms. The standard InChI is InChI=1S/C22H23N3O2/c1-27-20-10-5-7-17(16-20)21-11-2-3-13-24(21)22(26)18-8-4-9-19(15-18)25-14-6-12-23-25/h4-10,12,14-16,21H,2-3,11,13H2,1H3/t21-/m1/s1. The molecule has 1 atom stereocenters. The van der Waals surface area contributed by atoms with Crippen LogP contribution in [0.1, 0.15) is 41.2 Å². The van der Waals surface area contributed by atoms with Gasteiger partial charge in [-0.05, 0) is 61.2 Å². The van der Waals surface area contributed by atoms with Crippen molar-refractivity contribution in [2.45, 2.75) is 25.3 Å². The highest BCUT2D eigenvalue weighted by molar-refractivity contribution is 5.95. The van der Waals surface area contributed by atoms with Crippen LogP contribution in [0.4, 0.5) is 0 Å². The van der Waals surface area contributed by atoms with E-state index in [1.807, 2.05) is 59.6 Å². The fourth-order valence-electron chi connectivity index (χ4n) is 3.74. The number of likely N-dealkylation sites (tertiary alicyclic amines) is 1. The fraction of sp³-hybridized carbons (Fsp3) is 0.273. The summed E-state index contributed by atoms with van der Waals surface area (Å²) in [6.45, 7) is 0.771. The minimum atomic E-state index is 0.0662. The summed E-state index contributed by atoms with van der Waals surface area (Å²) in [6.07, 6.45) is 6.74. The van der Waals surface area contributed by atoms with E-state index in [9.17, 15) is 4.79 Å². The minimum absolute atomic E-state index is 0.0662. The van der Waals surface area contributed by atoms with Crippen LogP contribution in [0.3, 0.4) is 0 Å². The second-order valence-electron chi connectivity index (χ2n) is 6.79. The van der Waals surface area contributed by atoms with Gasteiger partial charge in [-0.15, -0.1) is 0 Å². The number of methoxy groups -OCH3 is 1. The number of benzene rings is 2. The maximum atomic E-state index is 13.3. The first-order valence-corrected chi connectivity index (χ1v) is 9.31. The second-order valence-corrected chi connectivity index (χ2v) is 6.79. The highest BCUT2D eigenvalue weighted by atomic mass is 16.5. The Bertz CT molecular complexity index is 921. The summed E-state index contributed by atoms with van der Waals surface area (Å²) in [5.74, 6) is 0.891. The third-order valence-electron chi connectivity index (χ3n) is 5.10. The molecule has 0 spiro atoms. The predicted octanol–water partition coefficient (Wildman–Crippen LogP) is 4.25. The molecule has 1 aromatic heterocycles. The molecule has 0 aliphatic carbocycles. The van der Waals surface area contributed by atoms with E-state index in [1.165, 1.54) is 0 Å². The quantitative estimate of drug-likeness (QED) is 0.698. The molecule has 4 rings (SSSR count). The van der Waals surface area contributed by atoms with E-state index in [-0.39, 0.29) is 11.9 Å². The van der Waals surface area contributed by atoms with Crippen LogP contribution in [0.5, 0.6) is 5.75 Å². The number of ether oxygens (including phenoxy) is 1. The van der Waals surface area contributed by atoms with Crippen molar-refractivity contribution in [3.63, 3.8) is 0 Å². The molecule has 2 aromatic carbocycles. The van der Waals surface area contributed by atoms with Gasteiger partial charge in [-0.2, -0.15) is 5.10 Å². The summed E-state index contributed by atoms with van der Waals surface area (Å²) < 4.78 is 7.14. The van der Waals surface area contributed by atoms with Crippen LogP contribution in [0.15, 0.2) is 67.0 Å². The molecule has 0 N–H and O–H groups in total. The largest absolute Gasteiger partial charge is 0.497 e. The van der Waals surface area contributed by atoms with Crippen molar-refractivity contribution < 1.29 is 9.53 Å². The van der Waals surface area contributed by atoms with E-state index >= 15 is 0 Å². The van der Waals surface area contributed by atoms with E-state index in [4.69, 9.17) is 4.74 Å². The van der Waals surface area contributed by atoms with E-state index < -0.39 is 0 Å². The van der Waals surface area contributed by atoms with Gasteiger partial charge in [0.25, 0.3) is 5.91 Å². The van der Waals surface area contributed by atoms with Crippen LogP contribution < -0.4 is 4.74 Å². The molecule has 0 radical (unpaired) electrons. The van der Waals surface area contributed by atoms with Crippen LogP contribution in [0, 0.1) is 0 Å². The first-order valence-electron chi connectivity index (χ1n) is 9.31. The third-order valence-corrected chi connectivity index (χ3v) is 5.10. The number of carbonyl (C=O) groups excluding carboxylic acids is 1. The second kappa shape index (κ2) is 7.66. The summed E-state index contributed by atoms with van der Waals surface area (Å²) in [7, 11) is 1.67. The zero-order chi connectivity index (χ0) is 18.6. The number of hydrogen-bond acceptors (Lipinski definition) is 3. The van der Waals surface area contributed by atoms with Crippen LogP contribution in [0.2, 0.25) is 0 Å². The lowest BCUT2D eigenvalue weighted by Crippen LogP contribution is -2.38. The molecule has 0 bridgehead atoms. The zero-order valence-corrected chi connectivity index (χ0v) is 15.4. The van der Waals surface area contributed by atoms with Gasteiger partial charge in [-0.3, -0.25) is 4.79 Å². The Balaban J connectivity index is 1.64. The first-order chi connectivity index (χ1) is 13.3. The average molecular weight is 361 g/mol. The van der Waals surface area contributed by atoms with E-state index in [0.29, 0.717) is 5.56 Å².